The first-order chi connectivity index (χ1) is 15.3. The zero-order valence-electron chi connectivity index (χ0n) is 18.3. The summed E-state index contributed by atoms with van der Waals surface area (Å²) >= 11 is 0. The van der Waals surface area contributed by atoms with Gasteiger partial charge >= 0.3 is 0 Å². The Morgan fingerprint density at radius 1 is 0.774 bits per heavy atom. The van der Waals surface area contributed by atoms with Gasteiger partial charge < -0.3 is 10.0 Å². The van der Waals surface area contributed by atoms with Gasteiger partial charge in [-0.25, -0.2) is 0 Å². The van der Waals surface area contributed by atoms with Gasteiger partial charge in [-0.15, -0.1) is 0 Å². The molecule has 3 aromatic rings. The Morgan fingerprint density at radius 3 is 2.13 bits per heavy atom. The summed E-state index contributed by atoms with van der Waals surface area (Å²) in [5.41, 5.74) is 6.58. The zero-order chi connectivity index (χ0) is 21.3. The number of hydrogen-bond acceptors (Lipinski definition) is 2. The van der Waals surface area contributed by atoms with Crippen molar-refractivity contribution < 1.29 is 5.11 Å². The van der Waals surface area contributed by atoms with Crippen LogP contribution in [-0.2, 0) is 19.3 Å². The highest BCUT2D eigenvalue weighted by Crippen LogP contribution is 2.22. The molecular weight excluding hydrogens is 378 g/mol. The van der Waals surface area contributed by atoms with E-state index in [2.05, 4.69) is 65.6 Å². The van der Waals surface area contributed by atoms with E-state index in [1.165, 1.54) is 73.1 Å². The molecule has 0 amide bonds. The first kappa shape index (κ1) is 21.4. The van der Waals surface area contributed by atoms with Gasteiger partial charge in [0.1, 0.15) is 5.75 Å². The normalized spacial score (nSPS) is 14.8. The van der Waals surface area contributed by atoms with Gasteiger partial charge in [-0.2, -0.15) is 0 Å². The van der Waals surface area contributed by atoms with Gasteiger partial charge in [-0.3, -0.25) is 0 Å². The van der Waals surface area contributed by atoms with Crippen molar-refractivity contribution in [3.8, 4) is 5.75 Å². The molecule has 0 radical (unpaired) electrons. The number of aromatic hydroxyl groups is 1. The predicted molar refractivity (Wildman–Crippen MR) is 130 cm³/mol. The van der Waals surface area contributed by atoms with Crippen molar-refractivity contribution in [1.82, 2.24) is 4.90 Å². The molecule has 0 unspecified atom stereocenters. The molecule has 0 bridgehead atoms. The van der Waals surface area contributed by atoms with Gasteiger partial charge in [0.15, 0.2) is 0 Å². The molecule has 0 aliphatic carbocycles. The number of aryl methyl sites for hydroxylation is 1. The van der Waals surface area contributed by atoms with Crippen molar-refractivity contribution >= 4 is 5.57 Å². The third-order valence-corrected chi connectivity index (χ3v) is 6.22. The number of allylic oxidation sites excluding steroid dienone is 2. The standard InChI is InChI=1S/C29H33NO/c31-29-18-15-26(16-19-29)23-28(27-8-2-1-3-9-27)17-14-25-12-10-24(11-13-25)7-6-22-30-20-4-5-21-30/h1-3,8-13,15-19,31H,4-7,14,20-23H2. The van der Waals surface area contributed by atoms with Gasteiger partial charge in [-0.1, -0.05) is 72.8 Å². The minimum atomic E-state index is 0.314. The van der Waals surface area contributed by atoms with Gasteiger partial charge in [0.2, 0.25) is 0 Å². The summed E-state index contributed by atoms with van der Waals surface area (Å²) < 4.78 is 0. The highest BCUT2D eigenvalue weighted by Gasteiger charge is 2.10. The second kappa shape index (κ2) is 11.0. The van der Waals surface area contributed by atoms with Crippen LogP contribution >= 0.6 is 0 Å². The van der Waals surface area contributed by atoms with E-state index in [0.717, 1.165) is 12.8 Å². The first-order valence-electron chi connectivity index (χ1n) is 11.6. The fourth-order valence-corrected chi connectivity index (χ4v) is 4.37. The van der Waals surface area contributed by atoms with Crippen LogP contribution in [0.5, 0.6) is 5.75 Å². The quantitative estimate of drug-likeness (QED) is 0.447. The molecule has 2 nitrogen and oxygen atoms in total. The summed E-state index contributed by atoms with van der Waals surface area (Å²) in [6, 6.07) is 27.3. The number of phenols is 1. The third kappa shape index (κ3) is 6.57. The molecule has 160 valence electrons. The maximum absolute atomic E-state index is 9.57. The molecule has 3 aromatic carbocycles. The van der Waals surface area contributed by atoms with E-state index in [-0.39, 0.29) is 0 Å². The fourth-order valence-electron chi connectivity index (χ4n) is 4.37. The minimum Gasteiger partial charge on any atom is -0.508 e. The lowest BCUT2D eigenvalue weighted by atomic mass is 9.96. The van der Waals surface area contributed by atoms with Gasteiger partial charge in [-0.05, 0) is 98.1 Å². The van der Waals surface area contributed by atoms with Crippen LogP contribution in [0.4, 0.5) is 0 Å². The van der Waals surface area contributed by atoms with Gasteiger partial charge in [0.05, 0.1) is 0 Å². The number of nitrogens with zero attached hydrogens (tertiary/aromatic N) is 1. The Hall–Kier alpha value is -2.84. The molecule has 1 fully saturated rings. The lowest BCUT2D eigenvalue weighted by Gasteiger charge is -2.14. The smallest absolute Gasteiger partial charge is 0.115 e. The fraction of sp³-hybridized carbons (Fsp3) is 0.310. The predicted octanol–water partition coefficient (Wildman–Crippen LogP) is 6.29. The summed E-state index contributed by atoms with van der Waals surface area (Å²) in [7, 11) is 0. The van der Waals surface area contributed by atoms with E-state index in [4.69, 9.17) is 0 Å². The number of hydrogen-bond donors (Lipinski definition) is 1. The summed E-state index contributed by atoms with van der Waals surface area (Å²) in [5, 5.41) is 9.57. The zero-order valence-corrected chi connectivity index (χ0v) is 18.3. The van der Waals surface area contributed by atoms with E-state index in [1.807, 2.05) is 12.1 Å². The summed E-state index contributed by atoms with van der Waals surface area (Å²) in [5.74, 6) is 0.314. The summed E-state index contributed by atoms with van der Waals surface area (Å²) in [6.45, 7) is 3.82. The van der Waals surface area contributed by atoms with Crippen LogP contribution in [0.1, 0.15) is 41.5 Å². The molecule has 0 aromatic heterocycles. The Bertz CT molecular complexity index is 952. The number of likely N-dealkylation sites (tertiary alicyclic amines) is 1. The average Bonchev–Trinajstić information content (AvgIpc) is 3.33. The molecule has 4 rings (SSSR count). The topological polar surface area (TPSA) is 23.5 Å². The molecular formula is C29H33NO. The SMILES string of the molecule is Oc1ccc(CC(=CCc2ccc(CCCN3CCCC3)cc2)c2ccccc2)cc1. The molecule has 0 spiro atoms. The second-order valence-electron chi connectivity index (χ2n) is 8.61. The van der Waals surface area contributed by atoms with E-state index < -0.39 is 0 Å². The van der Waals surface area contributed by atoms with Crippen molar-refractivity contribution in [3.05, 3.63) is 107 Å². The van der Waals surface area contributed by atoms with Crippen molar-refractivity contribution in [2.75, 3.05) is 19.6 Å². The van der Waals surface area contributed by atoms with E-state index >= 15 is 0 Å². The molecule has 1 heterocycles. The van der Waals surface area contributed by atoms with Gasteiger partial charge in [0.25, 0.3) is 0 Å². The molecule has 1 saturated heterocycles. The molecule has 1 aliphatic heterocycles. The van der Waals surface area contributed by atoms with E-state index in [9.17, 15) is 5.11 Å². The van der Waals surface area contributed by atoms with Gasteiger partial charge in [0, 0.05) is 0 Å². The average molecular weight is 412 g/mol. The maximum atomic E-state index is 9.57. The van der Waals surface area contributed by atoms with Crippen molar-refractivity contribution in [2.24, 2.45) is 0 Å². The molecule has 0 atom stereocenters. The second-order valence-corrected chi connectivity index (χ2v) is 8.61. The van der Waals surface area contributed by atoms with Crippen LogP contribution < -0.4 is 0 Å². The van der Waals surface area contributed by atoms with Crippen LogP contribution in [0.3, 0.4) is 0 Å². The Morgan fingerprint density at radius 2 is 1.42 bits per heavy atom. The minimum absolute atomic E-state index is 0.314. The molecule has 2 heteroatoms. The maximum Gasteiger partial charge on any atom is 0.115 e. The van der Waals surface area contributed by atoms with Crippen LogP contribution in [-0.4, -0.2) is 29.6 Å². The molecule has 31 heavy (non-hydrogen) atoms. The number of benzene rings is 3. The number of phenolic OH excluding ortho intramolecular Hbond substituents is 1. The molecule has 0 saturated carbocycles. The summed E-state index contributed by atoms with van der Waals surface area (Å²) in [6.07, 6.45) is 9.31. The van der Waals surface area contributed by atoms with Crippen molar-refractivity contribution in [3.63, 3.8) is 0 Å². The molecule has 1 N–H and O–H groups in total. The largest absolute Gasteiger partial charge is 0.508 e. The van der Waals surface area contributed by atoms with Crippen molar-refractivity contribution in [1.29, 1.82) is 0 Å². The van der Waals surface area contributed by atoms with Crippen LogP contribution in [0, 0.1) is 0 Å². The van der Waals surface area contributed by atoms with E-state index in [0.29, 0.717) is 5.75 Å². The van der Waals surface area contributed by atoms with Crippen LogP contribution in [0.2, 0.25) is 0 Å². The lowest BCUT2D eigenvalue weighted by molar-refractivity contribution is 0.334. The van der Waals surface area contributed by atoms with E-state index in [1.54, 1.807) is 12.1 Å². The molecule has 1 aliphatic rings. The van der Waals surface area contributed by atoms with Crippen molar-refractivity contribution in [2.45, 2.75) is 38.5 Å². The van der Waals surface area contributed by atoms with Crippen LogP contribution in [0.25, 0.3) is 5.57 Å². The Kier molecular flexibility index (Phi) is 7.57. The van der Waals surface area contributed by atoms with Crippen LogP contribution in [0.15, 0.2) is 84.9 Å². The third-order valence-electron chi connectivity index (χ3n) is 6.22. The Labute approximate surface area is 186 Å². The number of rotatable bonds is 9. The first-order valence-corrected chi connectivity index (χ1v) is 11.6. The Balaban J connectivity index is 1.38. The highest BCUT2D eigenvalue weighted by molar-refractivity contribution is 5.68. The monoisotopic (exact) mass is 411 g/mol. The highest BCUT2D eigenvalue weighted by atomic mass is 16.3. The summed E-state index contributed by atoms with van der Waals surface area (Å²) in [4.78, 5) is 2.60. The lowest BCUT2D eigenvalue weighted by Crippen LogP contribution is -2.20.